The summed E-state index contributed by atoms with van der Waals surface area (Å²) in [5, 5.41) is 0.538. The van der Waals surface area contributed by atoms with Crippen LogP contribution >= 0.6 is 11.6 Å². The molecule has 0 bridgehead atoms. The fourth-order valence-corrected chi connectivity index (χ4v) is 4.90. The van der Waals surface area contributed by atoms with E-state index in [1.54, 1.807) is 23.1 Å². The number of nitrogens with zero attached hydrogens (tertiary/aromatic N) is 3. The molecular weight excluding hydrogens is 450 g/mol. The van der Waals surface area contributed by atoms with E-state index >= 15 is 0 Å². The van der Waals surface area contributed by atoms with Gasteiger partial charge in [-0.3, -0.25) is 9.69 Å². The SMILES string of the molecule is O=C1CN(CC(=O)N2CCN(C(c3ccccc3)c3ccccc3)CC2)c2cc(Cl)ccc2O1. The molecule has 0 N–H and O–H groups in total. The number of rotatable bonds is 5. The second-order valence-corrected chi connectivity index (χ2v) is 9.02. The quantitative estimate of drug-likeness (QED) is 0.412. The van der Waals surface area contributed by atoms with Crippen LogP contribution in [0.1, 0.15) is 17.2 Å². The lowest BCUT2D eigenvalue weighted by Crippen LogP contribution is -2.53. The van der Waals surface area contributed by atoms with Gasteiger partial charge in [-0.05, 0) is 29.3 Å². The van der Waals surface area contributed by atoms with Crippen molar-refractivity contribution in [2.75, 3.05) is 44.2 Å². The maximum Gasteiger partial charge on any atom is 0.331 e. The maximum absolute atomic E-state index is 13.2. The van der Waals surface area contributed by atoms with Gasteiger partial charge in [0.2, 0.25) is 5.91 Å². The minimum absolute atomic E-state index is 0.00347. The Labute approximate surface area is 204 Å². The number of halogens is 1. The molecule has 174 valence electrons. The number of ether oxygens (including phenoxy) is 1. The van der Waals surface area contributed by atoms with Crippen LogP contribution in [-0.4, -0.2) is 60.9 Å². The number of fused-ring (bicyclic) bond motifs is 1. The van der Waals surface area contributed by atoms with Crippen molar-refractivity contribution in [2.24, 2.45) is 0 Å². The van der Waals surface area contributed by atoms with Gasteiger partial charge in [0.25, 0.3) is 0 Å². The van der Waals surface area contributed by atoms with Gasteiger partial charge in [-0.25, -0.2) is 4.79 Å². The fraction of sp³-hybridized carbons (Fsp3) is 0.259. The van der Waals surface area contributed by atoms with Gasteiger partial charge >= 0.3 is 5.97 Å². The number of anilines is 1. The Morgan fingerprint density at radius 3 is 2.12 bits per heavy atom. The number of esters is 1. The molecule has 0 aliphatic carbocycles. The molecule has 2 aliphatic rings. The van der Waals surface area contributed by atoms with Crippen LogP contribution in [0.2, 0.25) is 5.02 Å². The smallest absolute Gasteiger partial charge is 0.331 e. The summed E-state index contributed by atoms with van der Waals surface area (Å²) in [5.74, 6) is 0.0593. The molecule has 1 amide bonds. The Hall–Kier alpha value is -3.35. The average molecular weight is 476 g/mol. The van der Waals surface area contributed by atoms with Gasteiger partial charge in [-0.2, -0.15) is 0 Å². The van der Waals surface area contributed by atoms with Crippen molar-refractivity contribution in [1.29, 1.82) is 0 Å². The van der Waals surface area contributed by atoms with E-state index in [2.05, 4.69) is 53.4 Å². The highest BCUT2D eigenvalue weighted by Crippen LogP contribution is 2.34. The summed E-state index contributed by atoms with van der Waals surface area (Å²) in [6, 6.07) is 26.2. The lowest BCUT2D eigenvalue weighted by atomic mass is 9.96. The van der Waals surface area contributed by atoms with E-state index in [1.807, 2.05) is 17.0 Å². The molecule has 0 spiro atoms. The predicted octanol–water partition coefficient (Wildman–Crippen LogP) is 4.00. The van der Waals surface area contributed by atoms with E-state index in [9.17, 15) is 9.59 Å². The first kappa shape index (κ1) is 22.4. The first-order chi connectivity index (χ1) is 16.6. The molecule has 0 atom stereocenters. The maximum atomic E-state index is 13.2. The second kappa shape index (κ2) is 9.87. The molecule has 0 aromatic heterocycles. The Balaban J connectivity index is 1.27. The number of carbonyl (C=O) groups is 2. The Bertz CT molecular complexity index is 1120. The summed E-state index contributed by atoms with van der Waals surface area (Å²) < 4.78 is 5.30. The number of benzene rings is 3. The molecule has 0 saturated carbocycles. The highest BCUT2D eigenvalue weighted by atomic mass is 35.5. The van der Waals surface area contributed by atoms with Crippen LogP contribution in [0.15, 0.2) is 78.9 Å². The zero-order valence-corrected chi connectivity index (χ0v) is 19.5. The standard InChI is InChI=1S/C27H26ClN3O3/c28-22-11-12-24-23(17-22)31(19-26(33)34-24)18-25(32)29-13-15-30(16-14-29)27(20-7-3-1-4-8-20)21-9-5-2-6-10-21/h1-12,17,27H,13-16,18-19H2. The van der Waals surface area contributed by atoms with Crippen molar-refractivity contribution in [3.05, 3.63) is 95.0 Å². The third kappa shape index (κ3) is 4.79. The van der Waals surface area contributed by atoms with Crippen molar-refractivity contribution in [3.63, 3.8) is 0 Å². The van der Waals surface area contributed by atoms with E-state index in [0.717, 1.165) is 13.1 Å². The van der Waals surface area contributed by atoms with Crippen molar-refractivity contribution in [1.82, 2.24) is 9.80 Å². The molecule has 3 aromatic rings. The largest absolute Gasteiger partial charge is 0.423 e. The first-order valence-corrected chi connectivity index (χ1v) is 11.8. The molecule has 2 heterocycles. The Morgan fingerprint density at radius 2 is 1.50 bits per heavy atom. The fourth-order valence-electron chi connectivity index (χ4n) is 4.74. The molecule has 2 aliphatic heterocycles. The molecule has 34 heavy (non-hydrogen) atoms. The van der Waals surface area contributed by atoms with Crippen molar-refractivity contribution in [2.45, 2.75) is 6.04 Å². The topological polar surface area (TPSA) is 53.1 Å². The molecule has 0 radical (unpaired) electrons. The monoisotopic (exact) mass is 475 g/mol. The number of amides is 1. The first-order valence-electron chi connectivity index (χ1n) is 11.5. The minimum atomic E-state index is -0.374. The summed E-state index contributed by atoms with van der Waals surface area (Å²) in [4.78, 5) is 31.3. The summed E-state index contributed by atoms with van der Waals surface area (Å²) in [6.45, 7) is 2.95. The summed E-state index contributed by atoms with van der Waals surface area (Å²) in [5.41, 5.74) is 3.16. The molecular formula is C27H26ClN3O3. The normalized spacial score (nSPS) is 16.4. The van der Waals surface area contributed by atoms with E-state index < -0.39 is 0 Å². The molecule has 1 saturated heterocycles. The minimum Gasteiger partial charge on any atom is -0.423 e. The predicted molar refractivity (Wildman–Crippen MR) is 132 cm³/mol. The van der Waals surface area contributed by atoms with Crippen LogP contribution in [0.5, 0.6) is 5.75 Å². The Kier molecular flexibility index (Phi) is 6.52. The molecule has 6 nitrogen and oxygen atoms in total. The lowest BCUT2D eigenvalue weighted by molar-refractivity contribution is -0.134. The number of carbonyl (C=O) groups excluding carboxylic acids is 2. The highest BCUT2D eigenvalue weighted by molar-refractivity contribution is 6.31. The average Bonchev–Trinajstić information content (AvgIpc) is 2.86. The van der Waals surface area contributed by atoms with Crippen LogP contribution in [0.4, 0.5) is 5.69 Å². The van der Waals surface area contributed by atoms with Crippen LogP contribution in [-0.2, 0) is 9.59 Å². The number of piperazine rings is 1. The molecule has 7 heteroatoms. The number of hydrogen-bond donors (Lipinski definition) is 0. The third-order valence-electron chi connectivity index (χ3n) is 6.39. The lowest BCUT2D eigenvalue weighted by Gasteiger charge is -2.40. The van der Waals surface area contributed by atoms with E-state index in [1.165, 1.54) is 11.1 Å². The van der Waals surface area contributed by atoms with E-state index in [0.29, 0.717) is 29.5 Å². The van der Waals surface area contributed by atoms with Gasteiger partial charge in [-0.15, -0.1) is 0 Å². The highest BCUT2D eigenvalue weighted by Gasteiger charge is 2.31. The summed E-state index contributed by atoms with van der Waals surface area (Å²) in [6.07, 6.45) is 0. The molecule has 3 aromatic carbocycles. The summed E-state index contributed by atoms with van der Waals surface area (Å²) in [7, 11) is 0. The molecule has 0 unspecified atom stereocenters. The van der Waals surface area contributed by atoms with Crippen molar-refractivity contribution in [3.8, 4) is 5.75 Å². The molecule has 1 fully saturated rings. The summed E-state index contributed by atoms with van der Waals surface area (Å²) >= 11 is 6.14. The number of hydrogen-bond acceptors (Lipinski definition) is 5. The Morgan fingerprint density at radius 1 is 0.882 bits per heavy atom. The third-order valence-corrected chi connectivity index (χ3v) is 6.63. The van der Waals surface area contributed by atoms with Crippen LogP contribution in [0, 0.1) is 0 Å². The zero-order chi connectivity index (χ0) is 23.5. The zero-order valence-electron chi connectivity index (χ0n) is 18.8. The van der Waals surface area contributed by atoms with Gasteiger partial charge in [0.15, 0.2) is 5.75 Å². The van der Waals surface area contributed by atoms with Crippen LogP contribution in [0.25, 0.3) is 0 Å². The van der Waals surface area contributed by atoms with Crippen LogP contribution < -0.4 is 9.64 Å². The van der Waals surface area contributed by atoms with Gasteiger partial charge < -0.3 is 14.5 Å². The van der Waals surface area contributed by atoms with Gasteiger partial charge in [-0.1, -0.05) is 72.3 Å². The van der Waals surface area contributed by atoms with Gasteiger partial charge in [0.05, 0.1) is 18.3 Å². The van der Waals surface area contributed by atoms with Crippen LogP contribution in [0.3, 0.4) is 0 Å². The van der Waals surface area contributed by atoms with Gasteiger partial charge in [0.1, 0.15) is 6.54 Å². The second-order valence-electron chi connectivity index (χ2n) is 8.58. The van der Waals surface area contributed by atoms with Gasteiger partial charge in [0, 0.05) is 31.2 Å². The molecule has 5 rings (SSSR count). The van der Waals surface area contributed by atoms with E-state index in [4.69, 9.17) is 16.3 Å². The van der Waals surface area contributed by atoms with Crippen molar-refractivity contribution < 1.29 is 14.3 Å². The van der Waals surface area contributed by atoms with E-state index in [-0.39, 0.29) is 31.0 Å². The van der Waals surface area contributed by atoms with Crippen molar-refractivity contribution >= 4 is 29.2 Å².